The number of likely N-dealkylation sites (N-methyl/N-ethyl adjacent to an activating group) is 1. The molecule has 1 heterocycles. The molecule has 0 spiro atoms. The number of rotatable bonds is 7. The predicted octanol–water partition coefficient (Wildman–Crippen LogP) is 2.78. The van der Waals surface area contributed by atoms with Crippen molar-refractivity contribution in [3.8, 4) is 6.07 Å². The molecule has 0 aromatic heterocycles. The molecule has 1 aliphatic heterocycles. The first-order chi connectivity index (χ1) is 8.53. The van der Waals surface area contributed by atoms with Gasteiger partial charge in [0.15, 0.2) is 0 Å². The van der Waals surface area contributed by atoms with Crippen molar-refractivity contribution in [1.82, 2.24) is 10.2 Å². The molecule has 3 heteroatoms. The van der Waals surface area contributed by atoms with Gasteiger partial charge in [-0.3, -0.25) is 0 Å². The normalized spacial score (nSPS) is 20.9. The lowest BCUT2D eigenvalue weighted by Crippen LogP contribution is -2.42. The zero-order valence-electron chi connectivity index (χ0n) is 12.3. The van der Waals surface area contributed by atoms with E-state index >= 15 is 0 Å². The zero-order valence-corrected chi connectivity index (χ0v) is 12.3. The summed E-state index contributed by atoms with van der Waals surface area (Å²) in [7, 11) is 2.21. The van der Waals surface area contributed by atoms with Crippen molar-refractivity contribution >= 4 is 0 Å². The van der Waals surface area contributed by atoms with E-state index in [0.717, 1.165) is 19.4 Å². The van der Waals surface area contributed by atoms with Crippen LogP contribution in [0.25, 0.3) is 0 Å². The number of nitriles is 1. The fourth-order valence-corrected chi connectivity index (χ4v) is 2.55. The second-order valence-corrected chi connectivity index (χ2v) is 6.36. The molecule has 1 aliphatic rings. The van der Waals surface area contributed by atoms with Crippen LogP contribution in [0.5, 0.6) is 0 Å². The van der Waals surface area contributed by atoms with Gasteiger partial charge in [0.1, 0.15) is 0 Å². The third-order valence-corrected chi connectivity index (χ3v) is 3.84. The first kappa shape index (κ1) is 15.5. The molecule has 3 nitrogen and oxygen atoms in total. The van der Waals surface area contributed by atoms with Gasteiger partial charge in [0.05, 0.1) is 11.5 Å². The fraction of sp³-hybridized carbons (Fsp3) is 0.933. The number of hydrogen-bond acceptors (Lipinski definition) is 3. The van der Waals surface area contributed by atoms with Gasteiger partial charge in [-0.1, -0.05) is 12.8 Å². The molecule has 1 rings (SSSR count). The highest BCUT2D eigenvalue weighted by Crippen LogP contribution is 2.21. The first-order valence-electron chi connectivity index (χ1n) is 7.37. The standard InChI is InChI=1S/C15H29N3/c1-15(2,13-16)9-5-7-11-18(3)12-14-8-4-6-10-17-14/h14,17H,4-12H2,1-3H3. The van der Waals surface area contributed by atoms with Crippen LogP contribution in [0.2, 0.25) is 0 Å². The minimum Gasteiger partial charge on any atom is -0.313 e. The Hall–Kier alpha value is -0.590. The van der Waals surface area contributed by atoms with Gasteiger partial charge in [0.2, 0.25) is 0 Å². The van der Waals surface area contributed by atoms with Gasteiger partial charge < -0.3 is 10.2 Å². The third kappa shape index (κ3) is 6.37. The summed E-state index contributed by atoms with van der Waals surface area (Å²) in [4.78, 5) is 2.43. The molecule has 1 atom stereocenters. The van der Waals surface area contributed by atoms with Crippen LogP contribution in [0.3, 0.4) is 0 Å². The molecule has 104 valence electrons. The Morgan fingerprint density at radius 1 is 1.33 bits per heavy atom. The lowest BCUT2D eigenvalue weighted by atomic mass is 9.89. The first-order valence-corrected chi connectivity index (χ1v) is 7.37. The highest BCUT2D eigenvalue weighted by atomic mass is 15.1. The summed E-state index contributed by atoms with van der Waals surface area (Å²) in [5.74, 6) is 0. The number of nitrogens with zero attached hydrogens (tertiary/aromatic N) is 2. The van der Waals surface area contributed by atoms with Gasteiger partial charge in [-0.2, -0.15) is 5.26 Å². The molecule has 0 aliphatic carbocycles. The maximum atomic E-state index is 8.95. The predicted molar refractivity (Wildman–Crippen MR) is 76.4 cm³/mol. The average Bonchev–Trinajstić information content (AvgIpc) is 2.36. The van der Waals surface area contributed by atoms with Crippen LogP contribution in [-0.2, 0) is 0 Å². The van der Waals surface area contributed by atoms with Crippen LogP contribution in [0.1, 0.15) is 52.4 Å². The van der Waals surface area contributed by atoms with Crippen LogP contribution < -0.4 is 5.32 Å². The SMILES string of the molecule is CN(CCCCC(C)(C)C#N)CC1CCCCN1. The maximum Gasteiger partial charge on any atom is 0.0683 e. The number of nitrogens with one attached hydrogen (secondary N) is 1. The Morgan fingerprint density at radius 2 is 2.11 bits per heavy atom. The van der Waals surface area contributed by atoms with Crippen LogP contribution >= 0.6 is 0 Å². The minimum absolute atomic E-state index is 0.149. The Kier molecular flexibility index (Phi) is 6.67. The van der Waals surface area contributed by atoms with Gasteiger partial charge in [-0.15, -0.1) is 0 Å². The van der Waals surface area contributed by atoms with Crippen LogP contribution in [-0.4, -0.2) is 37.6 Å². The van der Waals surface area contributed by atoms with Crippen molar-refractivity contribution in [3.05, 3.63) is 0 Å². The van der Waals surface area contributed by atoms with E-state index in [0.29, 0.717) is 6.04 Å². The van der Waals surface area contributed by atoms with E-state index in [-0.39, 0.29) is 5.41 Å². The van der Waals surface area contributed by atoms with E-state index in [4.69, 9.17) is 5.26 Å². The van der Waals surface area contributed by atoms with Gasteiger partial charge in [0, 0.05) is 12.6 Å². The molecule has 18 heavy (non-hydrogen) atoms. The molecule has 0 radical (unpaired) electrons. The molecule has 1 unspecified atom stereocenters. The second-order valence-electron chi connectivity index (χ2n) is 6.36. The molecule has 1 fully saturated rings. The van der Waals surface area contributed by atoms with E-state index < -0.39 is 0 Å². The van der Waals surface area contributed by atoms with Crippen LogP contribution in [0.4, 0.5) is 0 Å². The van der Waals surface area contributed by atoms with E-state index in [9.17, 15) is 0 Å². The molecule has 0 bridgehead atoms. The van der Waals surface area contributed by atoms with Gasteiger partial charge in [-0.25, -0.2) is 0 Å². The molecule has 0 aromatic rings. The van der Waals surface area contributed by atoms with E-state index in [1.54, 1.807) is 0 Å². The Balaban J connectivity index is 2.06. The van der Waals surface area contributed by atoms with E-state index in [1.807, 2.05) is 13.8 Å². The second kappa shape index (κ2) is 7.76. The summed E-state index contributed by atoms with van der Waals surface area (Å²) in [5, 5.41) is 12.5. The van der Waals surface area contributed by atoms with E-state index in [2.05, 4.69) is 23.3 Å². The summed E-state index contributed by atoms with van der Waals surface area (Å²) >= 11 is 0. The Labute approximate surface area is 113 Å². The maximum absolute atomic E-state index is 8.95. The van der Waals surface area contributed by atoms with Gasteiger partial charge >= 0.3 is 0 Å². The quantitative estimate of drug-likeness (QED) is 0.707. The number of hydrogen-bond donors (Lipinski definition) is 1. The fourth-order valence-electron chi connectivity index (χ4n) is 2.55. The van der Waals surface area contributed by atoms with Crippen molar-refractivity contribution in [2.24, 2.45) is 5.41 Å². The smallest absolute Gasteiger partial charge is 0.0683 e. The van der Waals surface area contributed by atoms with Gasteiger partial charge in [0.25, 0.3) is 0 Å². The van der Waals surface area contributed by atoms with Gasteiger partial charge in [-0.05, 0) is 59.7 Å². The van der Waals surface area contributed by atoms with E-state index in [1.165, 1.54) is 38.8 Å². The van der Waals surface area contributed by atoms with Crippen molar-refractivity contribution < 1.29 is 0 Å². The Morgan fingerprint density at radius 3 is 2.72 bits per heavy atom. The topological polar surface area (TPSA) is 39.1 Å². The largest absolute Gasteiger partial charge is 0.313 e. The highest BCUT2D eigenvalue weighted by molar-refractivity contribution is 4.91. The summed E-state index contributed by atoms with van der Waals surface area (Å²) in [6.07, 6.45) is 7.41. The lowest BCUT2D eigenvalue weighted by molar-refractivity contribution is 0.255. The summed E-state index contributed by atoms with van der Waals surface area (Å²) in [6, 6.07) is 3.07. The number of unbranched alkanes of at least 4 members (excludes halogenated alkanes) is 1. The summed E-state index contributed by atoms with van der Waals surface area (Å²) < 4.78 is 0. The molecule has 1 N–H and O–H groups in total. The zero-order chi connectivity index (χ0) is 13.4. The molecule has 1 saturated heterocycles. The summed E-state index contributed by atoms with van der Waals surface area (Å²) in [5.41, 5.74) is -0.149. The third-order valence-electron chi connectivity index (χ3n) is 3.84. The van der Waals surface area contributed by atoms with Crippen molar-refractivity contribution in [2.75, 3.05) is 26.7 Å². The summed E-state index contributed by atoms with van der Waals surface area (Å²) in [6.45, 7) is 7.57. The van der Waals surface area contributed by atoms with Crippen LogP contribution in [0.15, 0.2) is 0 Å². The molecule has 0 amide bonds. The Bertz CT molecular complexity index is 261. The van der Waals surface area contributed by atoms with Crippen LogP contribution in [0, 0.1) is 16.7 Å². The average molecular weight is 251 g/mol. The molecular formula is C15H29N3. The highest BCUT2D eigenvalue weighted by Gasteiger charge is 2.16. The molecule has 0 saturated carbocycles. The monoisotopic (exact) mass is 251 g/mol. The molecular weight excluding hydrogens is 222 g/mol. The van der Waals surface area contributed by atoms with Crippen molar-refractivity contribution in [3.63, 3.8) is 0 Å². The van der Waals surface area contributed by atoms with Crippen molar-refractivity contribution in [2.45, 2.75) is 58.4 Å². The number of piperidine rings is 1. The minimum atomic E-state index is -0.149. The molecule has 0 aromatic carbocycles. The lowest BCUT2D eigenvalue weighted by Gasteiger charge is -2.28. The van der Waals surface area contributed by atoms with Crippen molar-refractivity contribution in [1.29, 1.82) is 5.26 Å².